The molecule has 0 fully saturated rings. The molecule has 22 heavy (non-hydrogen) atoms. The van der Waals surface area contributed by atoms with Crippen molar-refractivity contribution in [2.45, 2.75) is 32.1 Å². The Morgan fingerprint density at radius 3 is 3.05 bits per heavy atom. The lowest BCUT2D eigenvalue weighted by Gasteiger charge is -2.25. The number of aryl methyl sites for hydroxylation is 2. The number of aromatic nitrogens is 1. The van der Waals surface area contributed by atoms with E-state index in [9.17, 15) is 4.79 Å². The second kappa shape index (κ2) is 6.49. The maximum Gasteiger partial charge on any atom is 0.254 e. The van der Waals surface area contributed by atoms with Gasteiger partial charge in [-0.05, 0) is 43.4 Å². The number of carbonyl (C=O) groups is 1. The molecule has 0 unspecified atom stereocenters. The van der Waals surface area contributed by atoms with Gasteiger partial charge in [0.15, 0.2) is 0 Å². The van der Waals surface area contributed by atoms with Crippen LogP contribution in [-0.4, -0.2) is 17.4 Å². The smallest absolute Gasteiger partial charge is 0.254 e. The summed E-state index contributed by atoms with van der Waals surface area (Å²) in [6, 6.07) is 10.2. The second-order valence-electron chi connectivity index (χ2n) is 5.80. The molecule has 1 aromatic heterocycles. The van der Waals surface area contributed by atoms with Crippen molar-refractivity contribution in [3.8, 4) is 0 Å². The van der Waals surface area contributed by atoms with Gasteiger partial charge in [0.05, 0.1) is 10.6 Å². The molecule has 2 aromatic rings. The van der Waals surface area contributed by atoms with Crippen molar-refractivity contribution in [1.82, 2.24) is 10.3 Å². The van der Waals surface area contributed by atoms with Crippen LogP contribution in [0, 0.1) is 6.92 Å². The van der Waals surface area contributed by atoms with Crippen LogP contribution in [-0.2, 0) is 6.42 Å². The summed E-state index contributed by atoms with van der Waals surface area (Å²) in [5.41, 5.74) is 4.02. The third kappa shape index (κ3) is 3.14. The largest absolute Gasteiger partial charge is 0.351 e. The normalized spacial score (nSPS) is 16.9. The van der Waals surface area contributed by atoms with Gasteiger partial charge in [0, 0.05) is 24.4 Å². The molecule has 114 valence electrons. The Morgan fingerprint density at radius 1 is 1.41 bits per heavy atom. The fraction of sp³-hybridized carbons (Fsp3) is 0.333. The first-order valence-corrected chi connectivity index (χ1v) is 8.01. The van der Waals surface area contributed by atoms with E-state index in [-0.39, 0.29) is 5.91 Å². The number of benzene rings is 1. The fourth-order valence-corrected chi connectivity index (χ4v) is 3.36. The predicted octanol–water partition coefficient (Wildman–Crippen LogP) is 3.89. The molecular formula is C18H19ClN2O. The monoisotopic (exact) mass is 314 g/mol. The zero-order chi connectivity index (χ0) is 15.5. The van der Waals surface area contributed by atoms with Crippen molar-refractivity contribution < 1.29 is 4.79 Å². The number of nitrogens with zero attached hydrogens (tertiary/aromatic N) is 1. The minimum atomic E-state index is -0.152. The van der Waals surface area contributed by atoms with Crippen LogP contribution in [0.15, 0.2) is 36.5 Å². The van der Waals surface area contributed by atoms with E-state index in [1.54, 1.807) is 12.3 Å². The van der Waals surface area contributed by atoms with Crippen LogP contribution < -0.4 is 5.32 Å². The molecule has 1 aliphatic carbocycles. The van der Waals surface area contributed by atoms with E-state index in [4.69, 9.17) is 11.6 Å². The molecule has 3 nitrogen and oxygen atoms in total. The fourth-order valence-electron chi connectivity index (χ4n) is 3.07. The summed E-state index contributed by atoms with van der Waals surface area (Å²) < 4.78 is 0. The summed E-state index contributed by atoms with van der Waals surface area (Å²) in [6.45, 7) is 2.49. The molecular weight excluding hydrogens is 296 g/mol. The van der Waals surface area contributed by atoms with Gasteiger partial charge >= 0.3 is 0 Å². The van der Waals surface area contributed by atoms with E-state index < -0.39 is 0 Å². The number of fused-ring (bicyclic) bond motifs is 1. The molecule has 0 aliphatic heterocycles. The Hall–Kier alpha value is -1.87. The van der Waals surface area contributed by atoms with E-state index in [0.717, 1.165) is 18.5 Å². The topological polar surface area (TPSA) is 42.0 Å². The quantitative estimate of drug-likeness (QED) is 0.933. The molecule has 4 heteroatoms. The van der Waals surface area contributed by atoms with Crippen molar-refractivity contribution in [3.05, 3.63) is 63.9 Å². The molecule has 0 saturated carbocycles. The summed E-state index contributed by atoms with van der Waals surface area (Å²) in [5.74, 6) is 0.228. The summed E-state index contributed by atoms with van der Waals surface area (Å²) >= 11 is 6.13. The number of nitrogens with one attached hydrogen (secondary N) is 1. The van der Waals surface area contributed by atoms with Gasteiger partial charge in [-0.25, -0.2) is 0 Å². The summed E-state index contributed by atoms with van der Waals surface area (Å²) in [4.78, 5) is 16.4. The lowest BCUT2D eigenvalue weighted by molar-refractivity contribution is 0.0950. The van der Waals surface area contributed by atoms with Gasteiger partial charge in [0.25, 0.3) is 5.91 Å². The standard InChI is InChI=1S/C18H19ClN2O/c1-12-9-17(19)16(11-20-12)18(22)21-10-14-7-4-6-13-5-2-3-8-15(13)14/h2-3,5,8-9,11,14H,4,6-7,10H2,1H3,(H,21,22)/t14-/m1/s1. The molecule has 1 atom stereocenters. The van der Waals surface area contributed by atoms with Crippen LogP contribution in [0.5, 0.6) is 0 Å². The van der Waals surface area contributed by atoms with E-state index in [0.29, 0.717) is 23.0 Å². The van der Waals surface area contributed by atoms with Crippen LogP contribution in [0.1, 0.15) is 45.9 Å². The number of pyridine rings is 1. The van der Waals surface area contributed by atoms with Crippen LogP contribution in [0.25, 0.3) is 0 Å². The lowest BCUT2D eigenvalue weighted by atomic mass is 9.83. The first kappa shape index (κ1) is 15.0. The maximum absolute atomic E-state index is 12.3. The second-order valence-corrected chi connectivity index (χ2v) is 6.21. The number of halogens is 1. The van der Waals surface area contributed by atoms with Crippen molar-refractivity contribution in [2.24, 2.45) is 0 Å². The number of carbonyl (C=O) groups excluding carboxylic acids is 1. The highest BCUT2D eigenvalue weighted by Gasteiger charge is 2.21. The Bertz CT molecular complexity index is 699. The predicted molar refractivity (Wildman–Crippen MR) is 88.4 cm³/mol. The van der Waals surface area contributed by atoms with Gasteiger partial charge in [-0.1, -0.05) is 35.9 Å². The SMILES string of the molecule is Cc1cc(Cl)c(C(=O)NC[C@H]2CCCc3ccccc32)cn1. The van der Waals surface area contributed by atoms with Gasteiger partial charge in [0.2, 0.25) is 0 Å². The maximum atomic E-state index is 12.3. The average molecular weight is 315 g/mol. The Labute approximate surface area is 135 Å². The Kier molecular flexibility index (Phi) is 4.44. The molecule has 3 rings (SSSR count). The zero-order valence-corrected chi connectivity index (χ0v) is 13.4. The van der Waals surface area contributed by atoms with Gasteiger partial charge < -0.3 is 5.32 Å². The zero-order valence-electron chi connectivity index (χ0n) is 12.6. The molecule has 0 bridgehead atoms. The van der Waals surface area contributed by atoms with Crippen LogP contribution in [0.2, 0.25) is 5.02 Å². The van der Waals surface area contributed by atoms with E-state index in [2.05, 4.69) is 34.6 Å². The first-order valence-electron chi connectivity index (χ1n) is 7.63. The van der Waals surface area contributed by atoms with E-state index >= 15 is 0 Å². The Morgan fingerprint density at radius 2 is 2.23 bits per heavy atom. The summed E-state index contributed by atoms with van der Waals surface area (Å²) in [7, 11) is 0. The van der Waals surface area contributed by atoms with Gasteiger partial charge in [-0.15, -0.1) is 0 Å². The van der Waals surface area contributed by atoms with Gasteiger partial charge in [-0.2, -0.15) is 0 Å². The minimum Gasteiger partial charge on any atom is -0.351 e. The van der Waals surface area contributed by atoms with Crippen molar-refractivity contribution in [1.29, 1.82) is 0 Å². The molecule has 1 aliphatic rings. The summed E-state index contributed by atoms with van der Waals surface area (Å²) in [5, 5.41) is 3.46. The third-order valence-electron chi connectivity index (χ3n) is 4.24. The highest BCUT2D eigenvalue weighted by atomic mass is 35.5. The minimum absolute atomic E-state index is 0.152. The highest BCUT2D eigenvalue weighted by molar-refractivity contribution is 6.33. The summed E-state index contributed by atoms with van der Waals surface area (Å²) in [6.07, 6.45) is 4.96. The molecule has 0 saturated heterocycles. The first-order chi connectivity index (χ1) is 10.6. The van der Waals surface area contributed by atoms with Crippen LogP contribution >= 0.6 is 11.6 Å². The van der Waals surface area contributed by atoms with Crippen LogP contribution in [0.4, 0.5) is 0 Å². The number of amides is 1. The van der Waals surface area contributed by atoms with Crippen LogP contribution in [0.3, 0.4) is 0 Å². The number of hydrogen-bond acceptors (Lipinski definition) is 2. The molecule has 1 amide bonds. The molecule has 0 radical (unpaired) electrons. The van der Waals surface area contributed by atoms with Crippen molar-refractivity contribution >= 4 is 17.5 Å². The highest BCUT2D eigenvalue weighted by Crippen LogP contribution is 2.30. The number of hydrogen-bond donors (Lipinski definition) is 1. The average Bonchev–Trinajstić information content (AvgIpc) is 2.52. The van der Waals surface area contributed by atoms with E-state index in [1.807, 2.05) is 6.92 Å². The molecule has 0 spiro atoms. The van der Waals surface area contributed by atoms with Gasteiger partial charge in [0.1, 0.15) is 0 Å². The van der Waals surface area contributed by atoms with E-state index in [1.165, 1.54) is 17.5 Å². The Balaban J connectivity index is 1.69. The lowest BCUT2D eigenvalue weighted by Crippen LogP contribution is -2.30. The molecule has 1 aromatic carbocycles. The molecule has 1 heterocycles. The third-order valence-corrected chi connectivity index (χ3v) is 4.55. The van der Waals surface area contributed by atoms with Crippen molar-refractivity contribution in [2.75, 3.05) is 6.54 Å². The van der Waals surface area contributed by atoms with Crippen molar-refractivity contribution in [3.63, 3.8) is 0 Å². The molecule has 1 N–H and O–H groups in total. The number of rotatable bonds is 3. The van der Waals surface area contributed by atoms with Gasteiger partial charge in [-0.3, -0.25) is 9.78 Å².